The molecule has 0 unspecified atom stereocenters. The first-order valence-corrected chi connectivity index (χ1v) is 4.30. The molecule has 4 nitrogen and oxygen atoms in total. The normalized spacial score (nSPS) is 23.5. The molecule has 0 radical (unpaired) electrons. The van der Waals surface area contributed by atoms with Gasteiger partial charge in [-0.05, 0) is 6.42 Å². The van der Waals surface area contributed by atoms with Gasteiger partial charge < -0.3 is 21.3 Å². The number of rotatable bonds is 3. The van der Waals surface area contributed by atoms with E-state index in [9.17, 15) is 0 Å². The molecular weight excluding hydrogens is 219 g/mol. The molecule has 1 fully saturated rings. The number of ether oxygens (including phenoxy) is 2. The first-order valence-electron chi connectivity index (χ1n) is 4.30. The third kappa shape index (κ3) is 8.12. The van der Waals surface area contributed by atoms with Crippen LogP contribution in [0.3, 0.4) is 0 Å². The van der Waals surface area contributed by atoms with Crippen molar-refractivity contribution in [3.8, 4) is 6.07 Å². The maximum absolute atomic E-state index is 8.44. The second-order valence-corrected chi connectivity index (χ2v) is 2.82. The van der Waals surface area contributed by atoms with Gasteiger partial charge in [0.2, 0.25) is 0 Å². The van der Waals surface area contributed by atoms with Crippen LogP contribution in [0.5, 0.6) is 0 Å². The van der Waals surface area contributed by atoms with Gasteiger partial charge in [-0.25, -0.2) is 0 Å². The van der Waals surface area contributed by atoms with E-state index in [4.69, 9.17) is 26.6 Å². The summed E-state index contributed by atoms with van der Waals surface area (Å²) in [7, 11) is 0. The summed E-state index contributed by atoms with van der Waals surface area (Å²) in [5.74, 6) is 0. The topological polar surface area (TPSA) is 66.0 Å². The summed E-state index contributed by atoms with van der Waals surface area (Å²) < 4.78 is 10.5. The molecule has 1 saturated heterocycles. The van der Waals surface area contributed by atoms with Gasteiger partial charge in [-0.2, -0.15) is 5.26 Å². The fourth-order valence-electron chi connectivity index (χ4n) is 1.26. The van der Waals surface area contributed by atoms with Gasteiger partial charge >= 0.3 is 51.4 Å². The molecule has 1 heterocycles. The van der Waals surface area contributed by atoms with E-state index in [1.165, 1.54) is 0 Å². The number of nitrogens with zero attached hydrogens (tertiary/aromatic N) is 2. The monoisotopic (exact) mass is 232 g/mol. The SMILES string of the molecule is C=CC[C@@H]1C[C@H](CC#N)OCO1.[C-]#N.[K+]. The average molecular weight is 232 g/mol. The molecule has 0 aromatic rings. The summed E-state index contributed by atoms with van der Waals surface area (Å²) >= 11 is 0. The molecule has 2 atom stereocenters. The Kier molecular flexibility index (Phi) is 14.5. The first-order chi connectivity index (χ1) is 6.86. The first kappa shape index (κ1) is 17.7. The minimum atomic E-state index is 0. The molecule has 76 valence electrons. The summed E-state index contributed by atoms with van der Waals surface area (Å²) in [6.07, 6.45) is 4.17. The van der Waals surface area contributed by atoms with E-state index in [0.29, 0.717) is 13.2 Å². The van der Waals surface area contributed by atoms with Gasteiger partial charge in [0, 0.05) is 6.42 Å². The van der Waals surface area contributed by atoms with Crippen LogP contribution in [0.15, 0.2) is 12.7 Å². The van der Waals surface area contributed by atoms with Gasteiger partial charge in [0.25, 0.3) is 0 Å². The predicted molar refractivity (Wildman–Crippen MR) is 49.2 cm³/mol. The third-order valence-electron chi connectivity index (χ3n) is 1.88. The van der Waals surface area contributed by atoms with E-state index in [1.807, 2.05) is 6.08 Å². The molecule has 1 rings (SSSR count). The summed E-state index contributed by atoms with van der Waals surface area (Å²) in [5.41, 5.74) is 0. The van der Waals surface area contributed by atoms with Gasteiger partial charge in [0.15, 0.2) is 0 Å². The van der Waals surface area contributed by atoms with Crippen molar-refractivity contribution in [2.45, 2.75) is 31.5 Å². The summed E-state index contributed by atoms with van der Waals surface area (Å²) in [6, 6.07) is 2.09. The number of nitriles is 1. The fraction of sp³-hybridized carbons (Fsp3) is 0.600. The Hall–Kier alpha value is 0.276. The van der Waals surface area contributed by atoms with Crippen molar-refractivity contribution < 1.29 is 60.9 Å². The molecule has 1 aliphatic rings. The van der Waals surface area contributed by atoms with Gasteiger partial charge in [-0.1, -0.05) is 6.08 Å². The van der Waals surface area contributed by atoms with Gasteiger partial charge in [-0.15, -0.1) is 6.58 Å². The predicted octanol–water partition coefficient (Wildman–Crippen LogP) is -1.29. The Morgan fingerprint density at radius 3 is 2.53 bits per heavy atom. The Bertz CT molecular complexity index is 225. The zero-order valence-electron chi connectivity index (χ0n) is 8.98. The van der Waals surface area contributed by atoms with Crippen LogP contribution >= 0.6 is 0 Å². The zero-order chi connectivity index (χ0) is 10.8. The van der Waals surface area contributed by atoms with E-state index in [-0.39, 0.29) is 63.6 Å². The van der Waals surface area contributed by atoms with Crippen molar-refractivity contribution >= 4 is 0 Å². The summed E-state index contributed by atoms with van der Waals surface area (Å²) in [6.45, 7) is 8.70. The van der Waals surface area contributed by atoms with Crippen molar-refractivity contribution in [3.63, 3.8) is 0 Å². The molecular formula is C10H13KN2O2. The van der Waals surface area contributed by atoms with Crippen molar-refractivity contribution in [1.29, 1.82) is 10.5 Å². The van der Waals surface area contributed by atoms with Gasteiger partial charge in [0.1, 0.15) is 6.79 Å². The summed E-state index contributed by atoms with van der Waals surface area (Å²) in [5, 5.41) is 14.7. The Labute approximate surface area is 133 Å². The van der Waals surface area contributed by atoms with Crippen molar-refractivity contribution in [2.75, 3.05) is 6.79 Å². The van der Waals surface area contributed by atoms with Crippen molar-refractivity contribution in [3.05, 3.63) is 19.2 Å². The maximum atomic E-state index is 8.44. The molecule has 0 saturated carbocycles. The summed E-state index contributed by atoms with van der Waals surface area (Å²) in [4.78, 5) is 0. The minimum Gasteiger partial charge on any atom is -0.512 e. The van der Waals surface area contributed by atoms with E-state index < -0.39 is 0 Å². The van der Waals surface area contributed by atoms with Crippen LogP contribution in [-0.2, 0) is 9.47 Å². The van der Waals surface area contributed by atoms with Crippen LogP contribution in [0.25, 0.3) is 0 Å². The Balaban J connectivity index is 0. The second-order valence-electron chi connectivity index (χ2n) is 2.82. The van der Waals surface area contributed by atoms with Gasteiger partial charge in [0.05, 0.1) is 24.7 Å². The Morgan fingerprint density at radius 1 is 1.40 bits per heavy atom. The molecule has 15 heavy (non-hydrogen) atoms. The van der Waals surface area contributed by atoms with E-state index in [0.717, 1.165) is 12.8 Å². The molecule has 0 aromatic heterocycles. The van der Waals surface area contributed by atoms with E-state index in [1.54, 1.807) is 0 Å². The standard InChI is InChI=1S/C9H13NO2.CN.K/c1-2-3-8-6-9(4-5-10)12-7-11-8;1-2;/h2,8-9H,1,3-4,6-7H2;;/q;-1;+1/t8-,9+;;/m1../s1. The molecule has 0 amide bonds. The van der Waals surface area contributed by atoms with Crippen LogP contribution < -0.4 is 51.4 Å². The van der Waals surface area contributed by atoms with Crippen LogP contribution in [0.4, 0.5) is 0 Å². The van der Waals surface area contributed by atoms with Crippen LogP contribution in [0, 0.1) is 23.2 Å². The van der Waals surface area contributed by atoms with E-state index in [2.05, 4.69) is 12.6 Å². The van der Waals surface area contributed by atoms with Crippen molar-refractivity contribution in [2.24, 2.45) is 0 Å². The second kappa shape index (κ2) is 12.3. The van der Waals surface area contributed by atoms with Crippen LogP contribution in [-0.4, -0.2) is 19.0 Å². The van der Waals surface area contributed by atoms with E-state index >= 15 is 0 Å². The number of hydrogen-bond donors (Lipinski definition) is 0. The van der Waals surface area contributed by atoms with Gasteiger partial charge in [-0.3, -0.25) is 0 Å². The Morgan fingerprint density at radius 2 is 2.00 bits per heavy atom. The molecule has 1 aliphatic heterocycles. The minimum absolute atomic E-state index is 0. The van der Waals surface area contributed by atoms with Crippen molar-refractivity contribution in [1.82, 2.24) is 0 Å². The third-order valence-corrected chi connectivity index (χ3v) is 1.88. The fourth-order valence-corrected chi connectivity index (χ4v) is 1.26. The molecule has 0 bridgehead atoms. The smallest absolute Gasteiger partial charge is 0.512 e. The molecule has 0 N–H and O–H groups in total. The molecule has 0 spiro atoms. The largest absolute Gasteiger partial charge is 1.00 e. The van der Waals surface area contributed by atoms with Crippen LogP contribution in [0.1, 0.15) is 19.3 Å². The number of hydrogen-bond acceptors (Lipinski definition) is 4. The molecule has 0 aromatic carbocycles. The van der Waals surface area contributed by atoms with Crippen LogP contribution in [0.2, 0.25) is 0 Å². The molecule has 5 heteroatoms. The zero-order valence-corrected chi connectivity index (χ0v) is 12.1. The maximum Gasteiger partial charge on any atom is 1.00 e. The quantitative estimate of drug-likeness (QED) is 0.345. The average Bonchev–Trinajstić information content (AvgIpc) is 2.22. The molecule has 0 aliphatic carbocycles.